The van der Waals surface area contributed by atoms with Gasteiger partial charge in [0.15, 0.2) is 5.09 Å². The Kier molecular flexibility index (Phi) is 3.62. The van der Waals surface area contributed by atoms with Crippen molar-refractivity contribution in [3.63, 3.8) is 0 Å². The average molecular weight is 259 g/mol. The molecule has 0 spiro atoms. The molecule has 94 valence electrons. The van der Waals surface area contributed by atoms with Gasteiger partial charge in [-0.2, -0.15) is 0 Å². The van der Waals surface area contributed by atoms with E-state index in [0.29, 0.717) is 5.09 Å². The van der Waals surface area contributed by atoms with Gasteiger partial charge in [-0.25, -0.2) is 0 Å². The second-order valence-corrected chi connectivity index (χ2v) is 5.65. The molecule has 0 saturated heterocycles. The highest BCUT2D eigenvalue weighted by Crippen LogP contribution is 2.26. The molecule has 18 heavy (non-hydrogen) atoms. The average Bonchev–Trinajstić information content (AvgIpc) is 2.72. The lowest BCUT2D eigenvalue weighted by molar-refractivity contribution is 0.475. The minimum absolute atomic E-state index is 0.135. The molecule has 0 N–H and O–H groups in total. The highest BCUT2D eigenvalue weighted by atomic mass is 32.1. The van der Waals surface area contributed by atoms with Crippen LogP contribution in [0, 0.1) is 0 Å². The summed E-state index contributed by atoms with van der Waals surface area (Å²) in [5.74, 6) is 0. The van der Waals surface area contributed by atoms with Gasteiger partial charge in [0, 0.05) is 11.8 Å². The largest absolute Gasteiger partial charge is 0.458 e. The van der Waals surface area contributed by atoms with Crippen molar-refractivity contribution in [2.75, 3.05) is 0 Å². The molecule has 0 radical (unpaired) electrons. The van der Waals surface area contributed by atoms with Crippen LogP contribution in [0.1, 0.15) is 31.9 Å². The maximum absolute atomic E-state index is 5.10. The molecule has 0 aliphatic rings. The maximum Gasteiger partial charge on any atom is 0.165 e. The van der Waals surface area contributed by atoms with Gasteiger partial charge in [-0.1, -0.05) is 32.9 Å². The quantitative estimate of drug-likeness (QED) is 0.618. The zero-order valence-corrected chi connectivity index (χ0v) is 11.7. The second kappa shape index (κ2) is 5.02. The number of benzene rings is 1. The van der Waals surface area contributed by atoms with Crippen molar-refractivity contribution in [1.29, 1.82) is 0 Å². The van der Waals surface area contributed by atoms with Crippen LogP contribution in [0.3, 0.4) is 0 Å². The molecular formula is C15H17NOS. The van der Waals surface area contributed by atoms with Crippen LogP contribution in [0.25, 0.3) is 0 Å². The molecule has 0 amide bonds. The van der Waals surface area contributed by atoms with Gasteiger partial charge in [-0.05, 0) is 29.2 Å². The SMILES string of the molecule is CC(C)(C)c1cccc(N=Cc2ccoc2S)c1. The van der Waals surface area contributed by atoms with Crippen LogP contribution in [0.15, 0.2) is 51.1 Å². The summed E-state index contributed by atoms with van der Waals surface area (Å²) < 4.78 is 5.10. The summed E-state index contributed by atoms with van der Waals surface area (Å²) in [7, 11) is 0. The molecule has 1 heterocycles. The van der Waals surface area contributed by atoms with Crippen molar-refractivity contribution in [2.45, 2.75) is 31.3 Å². The first-order valence-electron chi connectivity index (χ1n) is 5.88. The lowest BCUT2D eigenvalue weighted by Crippen LogP contribution is -2.10. The Hall–Kier alpha value is -1.48. The third-order valence-electron chi connectivity index (χ3n) is 2.74. The minimum Gasteiger partial charge on any atom is -0.458 e. The molecule has 2 rings (SSSR count). The van der Waals surface area contributed by atoms with E-state index in [1.54, 1.807) is 12.5 Å². The Morgan fingerprint density at radius 2 is 2.00 bits per heavy atom. The van der Waals surface area contributed by atoms with Gasteiger partial charge < -0.3 is 4.42 Å². The molecule has 0 saturated carbocycles. The van der Waals surface area contributed by atoms with Crippen molar-refractivity contribution in [3.05, 3.63) is 47.7 Å². The molecular weight excluding hydrogens is 242 g/mol. The van der Waals surface area contributed by atoms with E-state index in [4.69, 9.17) is 4.42 Å². The van der Waals surface area contributed by atoms with Crippen LogP contribution < -0.4 is 0 Å². The summed E-state index contributed by atoms with van der Waals surface area (Å²) in [5.41, 5.74) is 3.24. The first-order chi connectivity index (χ1) is 8.47. The van der Waals surface area contributed by atoms with E-state index in [9.17, 15) is 0 Å². The van der Waals surface area contributed by atoms with Gasteiger partial charge in [0.05, 0.1) is 12.0 Å². The number of aliphatic imine (C=N–C) groups is 1. The van der Waals surface area contributed by atoms with E-state index in [2.05, 4.69) is 50.5 Å². The maximum atomic E-state index is 5.10. The first kappa shape index (κ1) is 13.0. The van der Waals surface area contributed by atoms with Crippen LogP contribution in [0.5, 0.6) is 0 Å². The van der Waals surface area contributed by atoms with Crippen molar-refractivity contribution >= 4 is 24.5 Å². The number of furan rings is 1. The fraction of sp³-hybridized carbons (Fsp3) is 0.267. The number of rotatable bonds is 2. The lowest BCUT2D eigenvalue weighted by atomic mass is 9.87. The molecule has 0 fully saturated rings. The molecule has 0 aliphatic heterocycles. The van der Waals surface area contributed by atoms with E-state index < -0.39 is 0 Å². The van der Waals surface area contributed by atoms with Crippen molar-refractivity contribution in [2.24, 2.45) is 4.99 Å². The van der Waals surface area contributed by atoms with Crippen molar-refractivity contribution < 1.29 is 4.42 Å². The van der Waals surface area contributed by atoms with Gasteiger partial charge in [-0.15, -0.1) is 12.6 Å². The Balaban J connectivity index is 2.25. The van der Waals surface area contributed by atoms with E-state index in [1.165, 1.54) is 5.56 Å². The Morgan fingerprint density at radius 1 is 1.22 bits per heavy atom. The molecule has 2 nitrogen and oxygen atoms in total. The van der Waals surface area contributed by atoms with Crippen LogP contribution >= 0.6 is 12.6 Å². The predicted molar refractivity (Wildman–Crippen MR) is 78.4 cm³/mol. The Labute approximate surface area is 113 Å². The molecule has 0 atom stereocenters. The van der Waals surface area contributed by atoms with Crippen LogP contribution in [-0.2, 0) is 5.41 Å². The summed E-state index contributed by atoms with van der Waals surface area (Å²) in [6.45, 7) is 6.58. The summed E-state index contributed by atoms with van der Waals surface area (Å²) >= 11 is 4.20. The molecule has 1 aromatic carbocycles. The normalized spacial score (nSPS) is 12.2. The van der Waals surface area contributed by atoms with Crippen molar-refractivity contribution in [3.8, 4) is 0 Å². The van der Waals surface area contributed by atoms with Gasteiger partial charge >= 0.3 is 0 Å². The van der Waals surface area contributed by atoms with Crippen LogP contribution in [-0.4, -0.2) is 6.21 Å². The highest BCUT2D eigenvalue weighted by Gasteiger charge is 2.13. The second-order valence-electron chi connectivity index (χ2n) is 5.24. The van der Waals surface area contributed by atoms with Gasteiger partial charge in [-0.3, -0.25) is 4.99 Å². The van der Waals surface area contributed by atoms with E-state index >= 15 is 0 Å². The summed E-state index contributed by atoms with van der Waals surface area (Å²) in [6.07, 6.45) is 3.38. The number of nitrogens with zero attached hydrogens (tertiary/aromatic N) is 1. The monoisotopic (exact) mass is 259 g/mol. The van der Waals surface area contributed by atoms with E-state index in [-0.39, 0.29) is 5.41 Å². The Morgan fingerprint density at radius 3 is 2.61 bits per heavy atom. The molecule has 1 aromatic heterocycles. The van der Waals surface area contributed by atoms with E-state index in [1.807, 2.05) is 18.2 Å². The summed E-state index contributed by atoms with van der Waals surface area (Å²) in [5, 5.41) is 0.589. The fourth-order valence-corrected chi connectivity index (χ4v) is 1.80. The fourth-order valence-electron chi connectivity index (χ4n) is 1.61. The van der Waals surface area contributed by atoms with E-state index in [0.717, 1.165) is 11.3 Å². The zero-order chi connectivity index (χ0) is 13.2. The number of thiol groups is 1. The molecule has 0 unspecified atom stereocenters. The summed E-state index contributed by atoms with van der Waals surface area (Å²) in [6, 6.07) is 10.1. The number of hydrogen-bond donors (Lipinski definition) is 1. The van der Waals surface area contributed by atoms with Gasteiger partial charge in [0.25, 0.3) is 0 Å². The molecule has 0 bridgehead atoms. The topological polar surface area (TPSA) is 25.5 Å². The third-order valence-corrected chi connectivity index (χ3v) is 3.10. The van der Waals surface area contributed by atoms with Crippen LogP contribution in [0.4, 0.5) is 5.69 Å². The van der Waals surface area contributed by atoms with Crippen molar-refractivity contribution in [1.82, 2.24) is 0 Å². The van der Waals surface area contributed by atoms with Gasteiger partial charge in [0.2, 0.25) is 0 Å². The zero-order valence-electron chi connectivity index (χ0n) is 10.8. The standard InChI is InChI=1S/C15H17NOS/c1-15(2,3)12-5-4-6-13(9-12)16-10-11-7-8-17-14(11)18/h4-10,18H,1-3H3. The lowest BCUT2D eigenvalue weighted by Gasteiger charge is -2.18. The first-order valence-corrected chi connectivity index (χ1v) is 6.32. The number of hydrogen-bond acceptors (Lipinski definition) is 3. The van der Waals surface area contributed by atoms with Crippen LogP contribution in [0.2, 0.25) is 0 Å². The smallest absolute Gasteiger partial charge is 0.165 e. The van der Waals surface area contributed by atoms with Gasteiger partial charge in [0.1, 0.15) is 0 Å². The Bertz CT molecular complexity index is 564. The predicted octanol–water partition coefficient (Wildman–Crippen LogP) is 4.62. The minimum atomic E-state index is 0.135. The molecule has 3 heteroatoms. The molecule has 0 aliphatic carbocycles. The third kappa shape index (κ3) is 3.05. The molecule has 2 aromatic rings. The summed E-state index contributed by atoms with van der Waals surface area (Å²) in [4.78, 5) is 4.45. The highest BCUT2D eigenvalue weighted by molar-refractivity contribution is 7.80.